The van der Waals surface area contributed by atoms with Crippen LogP contribution >= 0.6 is 12.4 Å². The van der Waals surface area contributed by atoms with Gasteiger partial charge in [0.25, 0.3) is 0 Å². The van der Waals surface area contributed by atoms with Crippen molar-refractivity contribution in [2.45, 2.75) is 37.9 Å². The number of pyridine rings is 1. The molecule has 1 aliphatic rings. The molecule has 0 saturated heterocycles. The Balaban J connectivity index is 0.00000272. The lowest BCUT2D eigenvalue weighted by atomic mass is 9.89. The molecule has 0 amide bonds. The molecule has 31 heavy (non-hydrogen) atoms. The molecule has 0 spiro atoms. The molecule has 1 fully saturated rings. The van der Waals surface area contributed by atoms with Crippen LogP contribution in [0, 0.1) is 11.6 Å². The molecule has 4 rings (SSSR count). The molecule has 1 saturated carbocycles. The number of benzene rings is 2. The summed E-state index contributed by atoms with van der Waals surface area (Å²) in [5.41, 5.74) is 0.557. The van der Waals surface area contributed by atoms with E-state index in [1.54, 1.807) is 24.5 Å². The van der Waals surface area contributed by atoms with Gasteiger partial charge in [0.15, 0.2) is 11.6 Å². The summed E-state index contributed by atoms with van der Waals surface area (Å²) < 4.78 is 73.7. The fourth-order valence-electron chi connectivity index (χ4n) is 3.42. The highest BCUT2D eigenvalue weighted by molar-refractivity contribution is 5.85. The number of hydrogen-bond donors (Lipinski definition) is 1. The van der Waals surface area contributed by atoms with Gasteiger partial charge in [-0.15, -0.1) is 25.6 Å². The average molecular weight is 461 g/mol. The minimum absolute atomic E-state index is 0. The number of nitrogens with one attached hydrogen (secondary N) is 1. The molecule has 1 aromatic heterocycles. The predicted molar refractivity (Wildman–Crippen MR) is 106 cm³/mol. The molecule has 10 heteroatoms. The van der Waals surface area contributed by atoms with Crippen molar-refractivity contribution in [1.82, 2.24) is 10.3 Å². The summed E-state index contributed by atoms with van der Waals surface area (Å²) in [5, 5.41) is 4.92. The molecule has 0 atom stereocenters. The summed E-state index contributed by atoms with van der Waals surface area (Å²) in [7, 11) is 0. The summed E-state index contributed by atoms with van der Waals surface area (Å²) in [6.07, 6.45) is -0.668. The van der Waals surface area contributed by atoms with Crippen molar-refractivity contribution in [1.29, 1.82) is 0 Å². The highest BCUT2D eigenvalue weighted by Crippen LogP contribution is 2.31. The SMILES string of the molecule is Cl.Fc1cc(OC2CC(NCc3c(F)ccc4cnccc34)C2)ccc1OC(F)(F)F. The minimum atomic E-state index is -4.96. The lowest BCUT2D eigenvalue weighted by Gasteiger charge is -2.36. The van der Waals surface area contributed by atoms with Crippen molar-refractivity contribution in [2.75, 3.05) is 0 Å². The molecule has 0 unspecified atom stereocenters. The van der Waals surface area contributed by atoms with Crippen LogP contribution in [0.15, 0.2) is 48.8 Å². The van der Waals surface area contributed by atoms with Crippen molar-refractivity contribution < 1.29 is 31.4 Å². The highest BCUT2D eigenvalue weighted by Gasteiger charge is 2.33. The highest BCUT2D eigenvalue weighted by atomic mass is 35.5. The average Bonchev–Trinajstić information content (AvgIpc) is 2.66. The second kappa shape index (κ2) is 9.23. The Hall–Kier alpha value is -2.65. The maximum Gasteiger partial charge on any atom is 0.573 e. The zero-order chi connectivity index (χ0) is 21.3. The van der Waals surface area contributed by atoms with Gasteiger partial charge in [-0.3, -0.25) is 4.98 Å². The van der Waals surface area contributed by atoms with Crippen LogP contribution in [0.3, 0.4) is 0 Å². The smallest absolute Gasteiger partial charge is 0.490 e. The van der Waals surface area contributed by atoms with Crippen LogP contribution in [0.1, 0.15) is 18.4 Å². The monoisotopic (exact) mass is 460 g/mol. The van der Waals surface area contributed by atoms with Gasteiger partial charge < -0.3 is 14.8 Å². The molecule has 0 radical (unpaired) electrons. The lowest BCUT2D eigenvalue weighted by Crippen LogP contribution is -2.46. The summed E-state index contributed by atoms with van der Waals surface area (Å²) in [4.78, 5) is 4.04. The third-order valence-electron chi connectivity index (χ3n) is 4.97. The maximum absolute atomic E-state index is 14.2. The zero-order valence-electron chi connectivity index (χ0n) is 16.0. The molecule has 1 heterocycles. The van der Waals surface area contributed by atoms with E-state index in [0.29, 0.717) is 24.9 Å². The summed E-state index contributed by atoms with van der Waals surface area (Å²) in [6, 6.07) is 7.91. The molecular formula is C21H18ClF5N2O2. The number of rotatable bonds is 6. The van der Waals surface area contributed by atoms with Crippen LogP contribution in [-0.4, -0.2) is 23.5 Å². The Morgan fingerprint density at radius 2 is 1.81 bits per heavy atom. The van der Waals surface area contributed by atoms with Gasteiger partial charge in [-0.1, -0.05) is 0 Å². The molecule has 4 nitrogen and oxygen atoms in total. The quantitative estimate of drug-likeness (QED) is 0.491. The fraction of sp³-hybridized carbons (Fsp3) is 0.286. The molecular weight excluding hydrogens is 443 g/mol. The molecule has 0 bridgehead atoms. The number of nitrogens with zero attached hydrogens (tertiary/aromatic N) is 1. The van der Waals surface area contributed by atoms with E-state index < -0.39 is 17.9 Å². The number of ether oxygens (including phenoxy) is 2. The van der Waals surface area contributed by atoms with Crippen molar-refractivity contribution >= 4 is 23.2 Å². The van der Waals surface area contributed by atoms with Gasteiger partial charge in [-0.05, 0) is 48.6 Å². The molecule has 2 aromatic carbocycles. The van der Waals surface area contributed by atoms with Crippen LogP contribution in [-0.2, 0) is 6.54 Å². The van der Waals surface area contributed by atoms with Gasteiger partial charge in [-0.2, -0.15) is 0 Å². The molecule has 0 aliphatic heterocycles. The maximum atomic E-state index is 14.2. The summed E-state index contributed by atoms with van der Waals surface area (Å²) in [5.74, 6) is -2.24. The third kappa shape index (κ3) is 5.54. The van der Waals surface area contributed by atoms with E-state index in [-0.39, 0.29) is 36.1 Å². The standard InChI is InChI=1S/C21H17F5N2O2.ClH/c22-18-3-1-12-10-27-6-5-16(12)17(18)11-28-13-7-15(8-13)29-14-2-4-20(19(23)9-14)30-21(24,25)26;/h1-6,9-10,13,15,28H,7-8,11H2;1H. The van der Waals surface area contributed by atoms with E-state index in [4.69, 9.17) is 4.74 Å². The Morgan fingerprint density at radius 3 is 2.52 bits per heavy atom. The fourth-order valence-corrected chi connectivity index (χ4v) is 3.42. The van der Waals surface area contributed by atoms with Crippen LogP contribution < -0.4 is 14.8 Å². The van der Waals surface area contributed by atoms with Gasteiger partial charge in [-0.25, -0.2) is 8.78 Å². The van der Waals surface area contributed by atoms with E-state index in [2.05, 4.69) is 15.0 Å². The Kier molecular flexibility index (Phi) is 6.86. The van der Waals surface area contributed by atoms with Crippen LogP contribution in [0.4, 0.5) is 22.0 Å². The number of halogens is 6. The van der Waals surface area contributed by atoms with Gasteiger partial charge in [0.1, 0.15) is 17.7 Å². The van der Waals surface area contributed by atoms with Crippen molar-refractivity contribution in [2.24, 2.45) is 0 Å². The lowest BCUT2D eigenvalue weighted by molar-refractivity contribution is -0.275. The first kappa shape index (κ1) is 23.0. The Morgan fingerprint density at radius 1 is 1.03 bits per heavy atom. The third-order valence-corrected chi connectivity index (χ3v) is 4.97. The summed E-state index contributed by atoms with van der Waals surface area (Å²) in [6.45, 7) is 0.336. The largest absolute Gasteiger partial charge is 0.573 e. The number of aromatic nitrogens is 1. The van der Waals surface area contributed by atoms with Crippen LogP contribution in [0.5, 0.6) is 11.5 Å². The van der Waals surface area contributed by atoms with Crippen molar-refractivity contribution in [3.63, 3.8) is 0 Å². The second-order valence-corrected chi connectivity index (χ2v) is 7.05. The molecule has 1 aliphatic carbocycles. The van der Waals surface area contributed by atoms with Crippen molar-refractivity contribution in [3.8, 4) is 11.5 Å². The molecule has 166 valence electrons. The van der Waals surface area contributed by atoms with Gasteiger partial charge >= 0.3 is 6.36 Å². The van der Waals surface area contributed by atoms with E-state index in [0.717, 1.165) is 22.9 Å². The second-order valence-electron chi connectivity index (χ2n) is 7.05. The van der Waals surface area contributed by atoms with Gasteiger partial charge in [0, 0.05) is 42.0 Å². The predicted octanol–water partition coefficient (Wildman–Crippen LogP) is 5.53. The van der Waals surface area contributed by atoms with Gasteiger partial charge in [0.05, 0.1) is 0 Å². The molecule has 3 aromatic rings. The summed E-state index contributed by atoms with van der Waals surface area (Å²) >= 11 is 0. The first-order chi connectivity index (χ1) is 14.3. The number of hydrogen-bond acceptors (Lipinski definition) is 4. The Bertz CT molecular complexity index is 1060. The van der Waals surface area contributed by atoms with E-state index in [9.17, 15) is 22.0 Å². The number of alkyl halides is 3. The zero-order valence-corrected chi connectivity index (χ0v) is 16.8. The molecule has 1 N–H and O–H groups in total. The first-order valence-corrected chi connectivity index (χ1v) is 9.25. The first-order valence-electron chi connectivity index (χ1n) is 9.25. The van der Waals surface area contributed by atoms with E-state index in [1.165, 1.54) is 12.1 Å². The topological polar surface area (TPSA) is 43.4 Å². The van der Waals surface area contributed by atoms with Crippen molar-refractivity contribution in [3.05, 3.63) is 66.0 Å². The Labute approximate surface area is 180 Å². The van der Waals surface area contributed by atoms with Crippen LogP contribution in [0.2, 0.25) is 0 Å². The van der Waals surface area contributed by atoms with E-state index >= 15 is 0 Å². The normalized spacial score (nSPS) is 18.2. The van der Waals surface area contributed by atoms with Crippen LogP contribution in [0.25, 0.3) is 10.8 Å². The van der Waals surface area contributed by atoms with Gasteiger partial charge in [0.2, 0.25) is 0 Å². The number of fused-ring (bicyclic) bond motifs is 1. The van der Waals surface area contributed by atoms with E-state index in [1.807, 2.05) is 0 Å². The minimum Gasteiger partial charge on any atom is -0.490 e.